The van der Waals surface area contributed by atoms with E-state index >= 15 is 0 Å². The Bertz CT molecular complexity index is 1110. The highest BCUT2D eigenvalue weighted by Gasteiger charge is 2.27. The van der Waals surface area contributed by atoms with E-state index in [1.807, 2.05) is 6.92 Å². The predicted molar refractivity (Wildman–Crippen MR) is 93.5 cm³/mol. The number of hydrogen-bond acceptors (Lipinski definition) is 4. The topological polar surface area (TPSA) is 77.1 Å². The molecule has 4 rings (SSSR count). The number of benzene rings is 1. The van der Waals surface area contributed by atoms with Crippen LogP contribution in [0.1, 0.15) is 54.0 Å². The summed E-state index contributed by atoms with van der Waals surface area (Å²) in [4.78, 5) is 25.5. The van der Waals surface area contributed by atoms with Crippen molar-refractivity contribution in [3.05, 3.63) is 63.3 Å². The van der Waals surface area contributed by atoms with Gasteiger partial charge in [-0.05, 0) is 32.8 Å². The van der Waals surface area contributed by atoms with Crippen molar-refractivity contribution in [2.24, 2.45) is 0 Å². The van der Waals surface area contributed by atoms with Crippen LogP contribution in [0.3, 0.4) is 0 Å². The molecule has 2 aromatic heterocycles. The summed E-state index contributed by atoms with van der Waals surface area (Å²) < 4.78 is 34.9. The Morgan fingerprint density at radius 3 is 2.93 bits per heavy atom. The van der Waals surface area contributed by atoms with E-state index in [-0.39, 0.29) is 22.6 Å². The highest BCUT2D eigenvalue weighted by atomic mass is 19.2. The first-order chi connectivity index (χ1) is 12.9. The van der Waals surface area contributed by atoms with Gasteiger partial charge >= 0.3 is 0 Å². The van der Waals surface area contributed by atoms with Gasteiger partial charge in [-0.15, -0.1) is 0 Å². The molecule has 27 heavy (non-hydrogen) atoms. The minimum absolute atomic E-state index is 0.00965. The normalized spacial score (nSPS) is 17.1. The second kappa shape index (κ2) is 6.29. The maximum atomic E-state index is 14.2. The molecule has 6 nitrogen and oxygen atoms in total. The van der Waals surface area contributed by atoms with E-state index in [0.29, 0.717) is 24.1 Å². The molecule has 1 aromatic carbocycles. The Hall–Kier alpha value is -3.03. The molecule has 140 valence electrons. The number of hydrogen-bond donors (Lipinski definition) is 1. The molecule has 2 atom stereocenters. The maximum Gasteiger partial charge on any atom is 0.257 e. The summed E-state index contributed by atoms with van der Waals surface area (Å²) >= 11 is 0. The second-order valence-corrected chi connectivity index (χ2v) is 6.82. The van der Waals surface area contributed by atoms with Crippen molar-refractivity contribution in [2.45, 2.75) is 38.8 Å². The standard InChI is InChI=1S/C19H17F2N3O3/c1-9-3-4-11-16(21)14(20)7-12-17(11)24(9)8-13(18(12)25)19(26)23-10(2)15-5-6-22-27-15/h5-10H,3-4H2,1-2H3,(H,23,26)/t9-,10?/m1/s1. The van der Waals surface area contributed by atoms with Crippen LogP contribution in [0.4, 0.5) is 8.78 Å². The van der Waals surface area contributed by atoms with Crippen molar-refractivity contribution in [3.8, 4) is 0 Å². The van der Waals surface area contributed by atoms with E-state index in [0.717, 1.165) is 6.07 Å². The van der Waals surface area contributed by atoms with Crippen molar-refractivity contribution < 1.29 is 18.1 Å². The van der Waals surface area contributed by atoms with Crippen LogP contribution < -0.4 is 10.7 Å². The van der Waals surface area contributed by atoms with E-state index in [4.69, 9.17) is 4.52 Å². The number of aromatic nitrogens is 2. The van der Waals surface area contributed by atoms with Gasteiger partial charge in [0.25, 0.3) is 5.91 Å². The van der Waals surface area contributed by atoms with Crippen molar-refractivity contribution in [3.63, 3.8) is 0 Å². The smallest absolute Gasteiger partial charge is 0.257 e. The highest BCUT2D eigenvalue weighted by Crippen LogP contribution is 2.32. The van der Waals surface area contributed by atoms with Crippen LogP contribution in [0.2, 0.25) is 0 Å². The minimum atomic E-state index is -1.08. The van der Waals surface area contributed by atoms with E-state index in [1.165, 1.54) is 12.4 Å². The van der Waals surface area contributed by atoms with Crippen LogP contribution in [0.15, 0.2) is 33.8 Å². The molecule has 0 fully saturated rings. The largest absolute Gasteiger partial charge is 0.359 e. The third-order valence-corrected chi connectivity index (χ3v) is 5.07. The predicted octanol–water partition coefficient (Wildman–Crippen LogP) is 3.27. The van der Waals surface area contributed by atoms with E-state index < -0.39 is 29.0 Å². The molecule has 0 bridgehead atoms. The van der Waals surface area contributed by atoms with E-state index in [2.05, 4.69) is 10.5 Å². The molecule has 0 radical (unpaired) electrons. The minimum Gasteiger partial charge on any atom is -0.359 e. The van der Waals surface area contributed by atoms with Gasteiger partial charge in [-0.1, -0.05) is 5.16 Å². The van der Waals surface area contributed by atoms with Gasteiger partial charge in [-0.25, -0.2) is 8.78 Å². The van der Waals surface area contributed by atoms with Gasteiger partial charge in [-0.2, -0.15) is 0 Å². The number of carbonyl (C=O) groups is 1. The number of aryl methyl sites for hydroxylation is 1. The first-order valence-electron chi connectivity index (χ1n) is 8.65. The van der Waals surface area contributed by atoms with Crippen LogP contribution in [0.5, 0.6) is 0 Å². The molecule has 3 heterocycles. The molecule has 0 spiro atoms. The Balaban J connectivity index is 1.85. The lowest BCUT2D eigenvalue weighted by atomic mass is 9.95. The Morgan fingerprint density at radius 1 is 1.44 bits per heavy atom. The van der Waals surface area contributed by atoms with Gasteiger partial charge in [0.1, 0.15) is 5.56 Å². The molecule has 8 heteroatoms. The fourth-order valence-corrected chi connectivity index (χ4v) is 3.57. The Morgan fingerprint density at radius 2 is 2.22 bits per heavy atom. The zero-order valence-corrected chi connectivity index (χ0v) is 14.8. The summed E-state index contributed by atoms with van der Waals surface area (Å²) in [6.07, 6.45) is 3.81. The monoisotopic (exact) mass is 373 g/mol. The summed E-state index contributed by atoms with van der Waals surface area (Å²) in [7, 11) is 0. The molecular weight excluding hydrogens is 356 g/mol. The Labute approximate surface area is 152 Å². The number of rotatable bonds is 3. The zero-order valence-electron chi connectivity index (χ0n) is 14.8. The number of nitrogens with zero attached hydrogens (tertiary/aromatic N) is 2. The average molecular weight is 373 g/mol. The molecule has 0 aliphatic carbocycles. The fraction of sp³-hybridized carbons (Fsp3) is 0.316. The summed E-state index contributed by atoms with van der Waals surface area (Å²) in [6.45, 7) is 3.60. The van der Waals surface area contributed by atoms with Crippen LogP contribution in [0, 0.1) is 11.6 Å². The fourth-order valence-electron chi connectivity index (χ4n) is 3.57. The number of carbonyl (C=O) groups excluding carboxylic acids is 1. The third kappa shape index (κ3) is 2.72. The number of amides is 1. The van der Waals surface area contributed by atoms with Crippen molar-refractivity contribution >= 4 is 16.8 Å². The molecule has 1 unspecified atom stereocenters. The first kappa shape index (κ1) is 17.4. The quantitative estimate of drug-likeness (QED) is 0.764. The summed E-state index contributed by atoms with van der Waals surface area (Å²) in [6, 6.07) is 1.92. The highest BCUT2D eigenvalue weighted by molar-refractivity contribution is 5.98. The van der Waals surface area contributed by atoms with Gasteiger partial charge in [0.2, 0.25) is 5.43 Å². The lowest BCUT2D eigenvalue weighted by Gasteiger charge is -2.27. The van der Waals surface area contributed by atoms with Gasteiger partial charge < -0.3 is 14.4 Å². The molecule has 1 aliphatic rings. The molecule has 0 saturated carbocycles. The first-order valence-corrected chi connectivity index (χ1v) is 8.65. The molecule has 1 aliphatic heterocycles. The number of halogens is 2. The lowest BCUT2D eigenvalue weighted by Crippen LogP contribution is -2.33. The van der Waals surface area contributed by atoms with Crippen LogP contribution in [-0.4, -0.2) is 15.6 Å². The lowest BCUT2D eigenvalue weighted by molar-refractivity contribution is 0.0932. The van der Waals surface area contributed by atoms with Gasteiger partial charge in [-0.3, -0.25) is 9.59 Å². The third-order valence-electron chi connectivity index (χ3n) is 5.07. The molecule has 1 amide bonds. The molecule has 0 saturated heterocycles. The summed E-state index contributed by atoms with van der Waals surface area (Å²) in [5, 5.41) is 6.27. The Kier molecular flexibility index (Phi) is 4.05. The van der Waals surface area contributed by atoms with Crippen molar-refractivity contribution in [1.29, 1.82) is 0 Å². The maximum absolute atomic E-state index is 14.2. The number of pyridine rings is 1. The van der Waals surface area contributed by atoms with Crippen LogP contribution in [0.25, 0.3) is 10.9 Å². The van der Waals surface area contributed by atoms with Gasteiger partial charge in [0, 0.05) is 29.3 Å². The molecular formula is C19H17F2N3O3. The van der Waals surface area contributed by atoms with Crippen molar-refractivity contribution in [1.82, 2.24) is 15.0 Å². The van der Waals surface area contributed by atoms with Gasteiger partial charge in [0.15, 0.2) is 17.4 Å². The molecule has 1 N–H and O–H groups in total. The summed E-state index contributed by atoms with van der Waals surface area (Å²) in [5.41, 5.74) is -0.211. The van der Waals surface area contributed by atoms with Crippen molar-refractivity contribution in [2.75, 3.05) is 0 Å². The average Bonchev–Trinajstić information content (AvgIpc) is 3.17. The van der Waals surface area contributed by atoms with Gasteiger partial charge in [0.05, 0.1) is 17.8 Å². The van der Waals surface area contributed by atoms with Crippen LogP contribution in [-0.2, 0) is 6.42 Å². The van der Waals surface area contributed by atoms with Crippen LogP contribution >= 0.6 is 0 Å². The second-order valence-electron chi connectivity index (χ2n) is 6.82. The van der Waals surface area contributed by atoms with E-state index in [1.54, 1.807) is 17.6 Å². The zero-order chi connectivity index (χ0) is 19.3. The SMILES string of the molecule is CC(NC(=O)c1cn2c3c(c(F)c(F)cc3c1=O)CC[C@H]2C)c1ccno1. The van der Waals surface area contributed by atoms with E-state index in [9.17, 15) is 18.4 Å². The number of nitrogens with one attached hydrogen (secondary N) is 1. The molecule has 3 aromatic rings. The summed E-state index contributed by atoms with van der Waals surface area (Å²) in [5.74, 6) is -2.19.